The summed E-state index contributed by atoms with van der Waals surface area (Å²) in [5.41, 5.74) is 2.35. The van der Waals surface area contributed by atoms with E-state index in [1.165, 1.54) is 30.9 Å². The van der Waals surface area contributed by atoms with Crippen LogP contribution in [-0.4, -0.2) is 38.8 Å². The van der Waals surface area contributed by atoms with Crippen LogP contribution >= 0.6 is 0 Å². The molecule has 0 saturated carbocycles. The number of ether oxygens (including phenoxy) is 1. The van der Waals surface area contributed by atoms with Crippen LogP contribution in [0.15, 0.2) is 66.1 Å². The molecule has 6 nitrogen and oxygen atoms in total. The second-order valence-corrected chi connectivity index (χ2v) is 8.91. The summed E-state index contributed by atoms with van der Waals surface area (Å²) in [7, 11) is -2.32. The second kappa shape index (κ2) is 9.24. The van der Waals surface area contributed by atoms with Gasteiger partial charge in [-0.1, -0.05) is 30.3 Å². The summed E-state index contributed by atoms with van der Waals surface area (Å²) in [5, 5.41) is 3.01. The molecule has 0 bridgehead atoms. The average Bonchev–Trinajstić information content (AvgIpc) is 2.73. The number of nitrogens with one attached hydrogen (secondary N) is 1. The third-order valence-electron chi connectivity index (χ3n) is 5.05. The summed E-state index contributed by atoms with van der Waals surface area (Å²) in [5.74, 6) is 0.235. The number of sulfonamides is 1. The zero-order valence-electron chi connectivity index (χ0n) is 16.5. The minimum absolute atomic E-state index is 0.0447. The van der Waals surface area contributed by atoms with Crippen LogP contribution in [0, 0.1) is 0 Å². The van der Waals surface area contributed by atoms with Gasteiger partial charge in [0.15, 0.2) is 0 Å². The van der Waals surface area contributed by atoms with Crippen molar-refractivity contribution in [2.24, 2.45) is 0 Å². The van der Waals surface area contributed by atoms with Gasteiger partial charge < -0.3 is 10.1 Å². The van der Waals surface area contributed by atoms with Crippen LogP contribution in [0.4, 0.5) is 0 Å². The van der Waals surface area contributed by atoms with Crippen LogP contribution in [0.5, 0.6) is 5.75 Å². The lowest BCUT2D eigenvalue weighted by Crippen LogP contribution is -2.42. The van der Waals surface area contributed by atoms with Gasteiger partial charge in [-0.15, -0.1) is 6.58 Å². The lowest BCUT2D eigenvalue weighted by atomic mass is 9.88. The van der Waals surface area contributed by atoms with Crippen molar-refractivity contribution in [1.82, 2.24) is 9.62 Å². The van der Waals surface area contributed by atoms with Crippen LogP contribution in [0.1, 0.15) is 30.0 Å². The zero-order valence-corrected chi connectivity index (χ0v) is 17.3. The van der Waals surface area contributed by atoms with Crippen molar-refractivity contribution in [3.8, 4) is 5.75 Å². The minimum atomic E-state index is -3.84. The number of rotatable bonds is 8. The van der Waals surface area contributed by atoms with Crippen molar-refractivity contribution in [1.29, 1.82) is 0 Å². The molecule has 1 aliphatic rings. The van der Waals surface area contributed by atoms with E-state index in [2.05, 4.69) is 18.0 Å². The molecule has 1 amide bonds. The highest BCUT2D eigenvalue weighted by molar-refractivity contribution is 7.89. The Hall–Kier alpha value is -2.64. The molecule has 154 valence electrons. The maximum atomic E-state index is 13.0. The largest absolute Gasteiger partial charge is 0.497 e. The van der Waals surface area contributed by atoms with Crippen molar-refractivity contribution >= 4 is 15.9 Å². The molecule has 2 aromatic rings. The smallest absolute Gasteiger partial charge is 0.243 e. The third-order valence-corrected chi connectivity index (χ3v) is 6.88. The SMILES string of the molecule is C=CCN(CC(=O)NC1CCCc2ccccc21)S(=O)(=O)c1ccc(OC)cc1. The number of fused-ring (bicyclic) bond motifs is 1. The average molecular weight is 415 g/mol. The van der Waals surface area contributed by atoms with E-state index in [1.54, 1.807) is 12.1 Å². The molecule has 1 unspecified atom stereocenters. The van der Waals surface area contributed by atoms with Crippen molar-refractivity contribution in [2.45, 2.75) is 30.2 Å². The molecular weight excluding hydrogens is 388 g/mol. The van der Waals surface area contributed by atoms with E-state index in [1.807, 2.05) is 18.2 Å². The first kappa shape index (κ1) is 21.1. The summed E-state index contributed by atoms with van der Waals surface area (Å²) >= 11 is 0. The number of nitrogens with zero attached hydrogens (tertiary/aromatic N) is 1. The topological polar surface area (TPSA) is 75.7 Å². The molecule has 1 N–H and O–H groups in total. The zero-order chi connectivity index (χ0) is 20.9. The summed E-state index contributed by atoms with van der Waals surface area (Å²) in [6.45, 7) is 3.41. The van der Waals surface area contributed by atoms with Gasteiger partial charge in [0.05, 0.1) is 24.6 Å². The van der Waals surface area contributed by atoms with E-state index >= 15 is 0 Å². The van der Waals surface area contributed by atoms with Gasteiger partial charge in [-0.2, -0.15) is 4.31 Å². The first-order valence-electron chi connectivity index (χ1n) is 9.58. The fraction of sp³-hybridized carbons (Fsp3) is 0.318. The van der Waals surface area contributed by atoms with Gasteiger partial charge in [-0.05, 0) is 54.7 Å². The van der Waals surface area contributed by atoms with Crippen LogP contribution in [-0.2, 0) is 21.2 Å². The van der Waals surface area contributed by atoms with Crippen molar-refractivity contribution in [2.75, 3.05) is 20.2 Å². The number of amides is 1. The number of hydrogen-bond donors (Lipinski definition) is 1. The Morgan fingerprint density at radius 1 is 1.24 bits per heavy atom. The summed E-state index contributed by atoms with van der Waals surface area (Å²) < 4.78 is 32.2. The van der Waals surface area contributed by atoms with E-state index in [0.29, 0.717) is 5.75 Å². The molecular formula is C22H26N2O4S. The van der Waals surface area contributed by atoms with Gasteiger partial charge in [0.2, 0.25) is 15.9 Å². The number of carbonyl (C=O) groups excluding carboxylic acids is 1. The predicted octanol–water partition coefficient (Wildman–Crippen LogP) is 3.07. The molecule has 1 aliphatic carbocycles. The fourth-order valence-corrected chi connectivity index (χ4v) is 4.96. The van der Waals surface area contributed by atoms with E-state index in [0.717, 1.165) is 29.1 Å². The number of aryl methyl sites for hydroxylation is 1. The molecule has 2 aromatic carbocycles. The maximum absolute atomic E-state index is 13.0. The quantitative estimate of drug-likeness (QED) is 0.674. The predicted molar refractivity (Wildman–Crippen MR) is 112 cm³/mol. The maximum Gasteiger partial charge on any atom is 0.243 e. The van der Waals surface area contributed by atoms with E-state index in [9.17, 15) is 13.2 Å². The van der Waals surface area contributed by atoms with Crippen LogP contribution in [0.25, 0.3) is 0 Å². The van der Waals surface area contributed by atoms with Crippen LogP contribution in [0.3, 0.4) is 0 Å². The fourth-order valence-electron chi connectivity index (χ4n) is 3.59. The third kappa shape index (κ3) is 4.86. The molecule has 0 aromatic heterocycles. The van der Waals surface area contributed by atoms with Crippen molar-refractivity contribution < 1.29 is 17.9 Å². The number of benzene rings is 2. The molecule has 0 spiro atoms. The lowest BCUT2D eigenvalue weighted by Gasteiger charge is -2.27. The summed E-state index contributed by atoms with van der Waals surface area (Å²) in [4.78, 5) is 12.8. The Morgan fingerprint density at radius 2 is 1.97 bits per heavy atom. The Balaban J connectivity index is 1.74. The normalized spacial score (nSPS) is 16.1. The van der Waals surface area contributed by atoms with Crippen molar-refractivity contribution in [3.05, 3.63) is 72.3 Å². The van der Waals surface area contributed by atoms with Crippen molar-refractivity contribution in [3.63, 3.8) is 0 Å². The summed E-state index contributed by atoms with van der Waals surface area (Å²) in [6, 6.07) is 14.1. The first-order chi connectivity index (χ1) is 14.0. The van der Waals surface area contributed by atoms with Crippen LogP contribution < -0.4 is 10.1 Å². The Kier molecular flexibility index (Phi) is 6.71. The Bertz CT molecular complexity index is 971. The highest BCUT2D eigenvalue weighted by Crippen LogP contribution is 2.29. The standard InChI is InChI=1S/C22H26N2O4S/c1-3-15-24(29(26,27)19-13-11-18(28-2)12-14-19)16-22(25)23-21-10-6-8-17-7-4-5-9-20(17)21/h3-5,7,9,11-14,21H,1,6,8,10,15-16H2,2H3,(H,23,25). The molecule has 0 aliphatic heterocycles. The number of carbonyl (C=O) groups is 1. The van der Waals surface area contributed by atoms with Crippen LogP contribution in [0.2, 0.25) is 0 Å². The molecule has 29 heavy (non-hydrogen) atoms. The Morgan fingerprint density at radius 3 is 2.66 bits per heavy atom. The highest BCUT2D eigenvalue weighted by atomic mass is 32.2. The second-order valence-electron chi connectivity index (χ2n) is 6.97. The van der Waals surface area contributed by atoms with Gasteiger partial charge in [-0.25, -0.2) is 8.42 Å². The van der Waals surface area contributed by atoms with E-state index in [-0.39, 0.29) is 29.9 Å². The number of methoxy groups -OCH3 is 1. The van der Waals surface area contributed by atoms with Gasteiger partial charge >= 0.3 is 0 Å². The van der Waals surface area contributed by atoms with Gasteiger partial charge in [0, 0.05) is 6.54 Å². The number of hydrogen-bond acceptors (Lipinski definition) is 4. The van der Waals surface area contributed by atoms with E-state index < -0.39 is 10.0 Å². The molecule has 3 rings (SSSR count). The van der Waals surface area contributed by atoms with Gasteiger partial charge in [0.1, 0.15) is 5.75 Å². The molecule has 0 fully saturated rings. The highest BCUT2D eigenvalue weighted by Gasteiger charge is 2.28. The molecule has 0 heterocycles. The lowest BCUT2D eigenvalue weighted by molar-refractivity contribution is -0.122. The minimum Gasteiger partial charge on any atom is -0.497 e. The molecule has 0 saturated heterocycles. The molecule has 0 radical (unpaired) electrons. The Labute approximate surface area is 172 Å². The summed E-state index contributed by atoms with van der Waals surface area (Å²) in [6.07, 6.45) is 4.30. The first-order valence-corrected chi connectivity index (χ1v) is 11.0. The van der Waals surface area contributed by atoms with E-state index in [4.69, 9.17) is 4.74 Å². The van der Waals surface area contributed by atoms with Gasteiger partial charge in [0.25, 0.3) is 0 Å². The monoisotopic (exact) mass is 414 g/mol. The van der Waals surface area contributed by atoms with Gasteiger partial charge in [-0.3, -0.25) is 4.79 Å². The molecule has 1 atom stereocenters. The molecule has 7 heteroatoms.